The van der Waals surface area contributed by atoms with Gasteiger partial charge in [-0.3, -0.25) is 32.5 Å². The Morgan fingerprint density at radius 1 is 0.623 bits per heavy atom. The van der Waals surface area contributed by atoms with E-state index in [0.29, 0.717) is 51.6 Å². The molecule has 0 aliphatic carbocycles. The van der Waals surface area contributed by atoms with E-state index in [1.165, 1.54) is 45.5 Å². The highest BCUT2D eigenvalue weighted by Crippen LogP contribution is 2.26. The molecule has 0 aliphatic rings. The standard InChI is InChI=1S/C34H27N7O10S2/c42-33-27-12-1-3-14-29(27)35-31(22-8-5-10-25(18-22)50-52(44,45)46)40(33)17-7-16-39-20-24(37-38-39)21-41-32(36-30-15-4-2-13-28(30)34(41)43)23-9-6-11-26(19-23)51-53(47,48)49/h1-6,8-15,18-20H,7,16-17,21H2,(H,44,45,46)(H,47,48,49). The Kier molecular flexibility index (Phi) is 9.30. The molecule has 0 spiro atoms. The van der Waals surface area contributed by atoms with E-state index < -0.39 is 20.8 Å². The first kappa shape index (κ1) is 35.1. The van der Waals surface area contributed by atoms with Crippen LogP contribution in [0.3, 0.4) is 0 Å². The van der Waals surface area contributed by atoms with Gasteiger partial charge in [-0.25, -0.2) is 9.97 Å². The minimum Gasteiger partial charge on any atom is -0.362 e. The van der Waals surface area contributed by atoms with Gasteiger partial charge in [-0.1, -0.05) is 53.7 Å². The van der Waals surface area contributed by atoms with Gasteiger partial charge in [-0.05, 0) is 55.0 Å². The van der Waals surface area contributed by atoms with E-state index in [-0.39, 0.29) is 47.4 Å². The molecule has 0 saturated heterocycles. The van der Waals surface area contributed by atoms with E-state index in [1.54, 1.807) is 71.5 Å². The highest BCUT2D eigenvalue weighted by atomic mass is 32.3. The van der Waals surface area contributed by atoms with E-state index >= 15 is 0 Å². The van der Waals surface area contributed by atoms with Crippen molar-refractivity contribution in [2.24, 2.45) is 0 Å². The predicted octanol–water partition coefficient (Wildman–Crippen LogP) is 3.53. The number of para-hydroxylation sites is 2. The fraction of sp³-hybridized carbons (Fsp3) is 0.118. The number of aryl methyl sites for hydroxylation is 1. The van der Waals surface area contributed by atoms with Crippen molar-refractivity contribution in [3.63, 3.8) is 0 Å². The summed E-state index contributed by atoms with van der Waals surface area (Å²) in [5, 5.41) is 9.17. The topological polar surface area (TPSA) is 228 Å². The summed E-state index contributed by atoms with van der Waals surface area (Å²) in [6.07, 6.45) is 2.02. The van der Waals surface area contributed by atoms with Gasteiger partial charge in [0.15, 0.2) is 0 Å². The van der Waals surface area contributed by atoms with Gasteiger partial charge in [0.05, 0.1) is 34.5 Å². The maximum atomic E-state index is 13.8. The maximum absolute atomic E-state index is 13.8. The first-order valence-electron chi connectivity index (χ1n) is 15.7. The first-order chi connectivity index (χ1) is 25.3. The van der Waals surface area contributed by atoms with Gasteiger partial charge in [-0.2, -0.15) is 16.8 Å². The number of aromatic nitrogens is 7. The smallest absolute Gasteiger partial charge is 0.362 e. The van der Waals surface area contributed by atoms with Crippen LogP contribution in [0.4, 0.5) is 0 Å². The summed E-state index contributed by atoms with van der Waals surface area (Å²) < 4.78 is 77.3. The van der Waals surface area contributed by atoms with Crippen LogP contribution in [0.25, 0.3) is 44.6 Å². The van der Waals surface area contributed by atoms with Crippen LogP contribution in [0, 0.1) is 0 Å². The molecule has 3 aromatic heterocycles. The van der Waals surface area contributed by atoms with Crippen molar-refractivity contribution in [3.8, 4) is 34.3 Å². The third-order valence-corrected chi connectivity index (χ3v) is 8.79. The van der Waals surface area contributed by atoms with Gasteiger partial charge in [0, 0.05) is 24.2 Å². The van der Waals surface area contributed by atoms with E-state index in [1.807, 2.05) is 0 Å². The zero-order valence-electron chi connectivity index (χ0n) is 27.3. The van der Waals surface area contributed by atoms with Crippen LogP contribution in [-0.4, -0.2) is 60.0 Å². The monoisotopic (exact) mass is 757 g/mol. The highest BCUT2D eigenvalue weighted by Gasteiger charge is 2.18. The highest BCUT2D eigenvalue weighted by molar-refractivity contribution is 7.81. The lowest BCUT2D eigenvalue weighted by Gasteiger charge is -2.14. The van der Waals surface area contributed by atoms with Crippen LogP contribution in [0.1, 0.15) is 12.1 Å². The quantitative estimate of drug-likeness (QED) is 0.170. The number of hydrogen-bond acceptors (Lipinski definition) is 12. The van der Waals surface area contributed by atoms with E-state index in [2.05, 4.69) is 28.6 Å². The molecular formula is C34H27N7O10S2. The molecule has 2 N–H and O–H groups in total. The summed E-state index contributed by atoms with van der Waals surface area (Å²) in [7, 11) is -9.59. The molecule has 7 rings (SSSR count). The summed E-state index contributed by atoms with van der Waals surface area (Å²) in [6, 6.07) is 25.1. The molecule has 0 radical (unpaired) electrons. The van der Waals surface area contributed by atoms with Crippen molar-refractivity contribution >= 4 is 42.6 Å². The lowest BCUT2D eigenvalue weighted by Crippen LogP contribution is -2.24. The molecule has 0 fully saturated rings. The van der Waals surface area contributed by atoms with Gasteiger partial charge >= 0.3 is 20.8 Å². The van der Waals surface area contributed by atoms with Gasteiger partial charge in [-0.15, -0.1) is 5.10 Å². The fourth-order valence-corrected chi connectivity index (χ4v) is 6.52. The zero-order chi connectivity index (χ0) is 37.3. The Labute approximate surface area is 300 Å². The van der Waals surface area contributed by atoms with Crippen LogP contribution in [0.15, 0.2) is 113 Å². The van der Waals surface area contributed by atoms with Gasteiger partial charge < -0.3 is 8.37 Å². The number of nitrogens with zero attached hydrogens (tertiary/aromatic N) is 7. The zero-order valence-corrected chi connectivity index (χ0v) is 28.9. The van der Waals surface area contributed by atoms with Crippen LogP contribution < -0.4 is 19.5 Å². The van der Waals surface area contributed by atoms with Gasteiger partial charge in [0.25, 0.3) is 11.1 Å². The van der Waals surface area contributed by atoms with E-state index in [9.17, 15) is 31.0 Å². The molecule has 0 aliphatic heterocycles. The minimum absolute atomic E-state index is 0.0600. The number of rotatable bonds is 12. The summed E-state index contributed by atoms with van der Waals surface area (Å²) in [6.45, 7) is 0.407. The lowest BCUT2D eigenvalue weighted by atomic mass is 10.1. The molecule has 19 heteroatoms. The molecule has 17 nitrogen and oxygen atoms in total. The third kappa shape index (κ3) is 7.97. The maximum Gasteiger partial charge on any atom is 0.446 e. The van der Waals surface area contributed by atoms with E-state index in [4.69, 9.17) is 4.55 Å². The van der Waals surface area contributed by atoms with Crippen molar-refractivity contribution in [1.29, 1.82) is 0 Å². The molecule has 0 saturated carbocycles. The second-order valence-corrected chi connectivity index (χ2v) is 13.7. The molecule has 0 bridgehead atoms. The molecule has 7 aromatic rings. The van der Waals surface area contributed by atoms with Gasteiger partial charge in [0.2, 0.25) is 0 Å². The Balaban J connectivity index is 1.16. The van der Waals surface area contributed by atoms with Gasteiger partial charge in [0.1, 0.15) is 28.8 Å². The molecule has 0 unspecified atom stereocenters. The molecule has 0 atom stereocenters. The third-order valence-electron chi connectivity index (χ3n) is 7.99. The fourth-order valence-electron chi connectivity index (χ4n) is 5.82. The van der Waals surface area contributed by atoms with Crippen molar-refractivity contribution in [2.75, 3.05) is 0 Å². The molecule has 270 valence electrons. The Hall–Kier alpha value is -6.28. The molecular weight excluding hydrogens is 731 g/mol. The molecule has 3 heterocycles. The van der Waals surface area contributed by atoms with Crippen molar-refractivity contribution in [3.05, 3.63) is 130 Å². The Morgan fingerprint density at radius 3 is 1.68 bits per heavy atom. The summed E-state index contributed by atoms with van der Waals surface area (Å²) in [5.74, 6) is 0.0754. The van der Waals surface area contributed by atoms with Crippen molar-refractivity contribution < 1.29 is 34.3 Å². The number of benzene rings is 4. The van der Waals surface area contributed by atoms with Crippen LogP contribution >= 0.6 is 0 Å². The van der Waals surface area contributed by atoms with Crippen LogP contribution in [0.5, 0.6) is 11.5 Å². The summed E-state index contributed by atoms with van der Waals surface area (Å²) in [4.78, 5) is 36.8. The van der Waals surface area contributed by atoms with Crippen molar-refractivity contribution in [1.82, 2.24) is 34.1 Å². The van der Waals surface area contributed by atoms with Crippen LogP contribution in [-0.2, 0) is 40.4 Å². The number of hydrogen-bond donors (Lipinski definition) is 2. The summed E-state index contributed by atoms with van der Waals surface area (Å²) in [5.41, 5.74) is 1.23. The SMILES string of the molecule is O=c1c2ccccc2nc(-c2cccc(OS(=O)(=O)O)c2)n1CCCn1cc(Cn2c(-c3cccc(OS(=O)(=O)O)c3)nc3ccccc3c2=O)nn1. The molecule has 0 amide bonds. The predicted molar refractivity (Wildman–Crippen MR) is 191 cm³/mol. The average molecular weight is 758 g/mol. The number of fused-ring (bicyclic) bond motifs is 2. The Morgan fingerprint density at radius 2 is 1.13 bits per heavy atom. The lowest BCUT2D eigenvalue weighted by molar-refractivity contribution is 0.384. The largest absolute Gasteiger partial charge is 0.446 e. The first-order valence-corrected chi connectivity index (χ1v) is 18.5. The second-order valence-electron chi connectivity index (χ2n) is 11.7. The average Bonchev–Trinajstić information content (AvgIpc) is 3.56. The molecule has 53 heavy (non-hydrogen) atoms. The molecule has 4 aromatic carbocycles. The van der Waals surface area contributed by atoms with Crippen LogP contribution in [0.2, 0.25) is 0 Å². The summed E-state index contributed by atoms with van der Waals surface area (Å²) >= 11 is 0. The normalized spacial score (nSPS) is 12.0. The van der Waals surface area contributed by atoms with E-state index in [0.717, 1.165) is 0 Å². The minimum atomic E-state index is -4.80. The van der Waals surface area contributed by atoms with Crippen molar-refractivity contribution in [2.45, 2.75) is 26.1 Å². The second kappa shape index (κ2) is 14.0. The Bertz CT molecular complexity index is 2870.